The molecule has 2 atom stereocenters. The molecule has 0 spiro atoms. The Labute approximate surface area is 146 Å². The minimum absolute atomic E-state index is 0.134. The first-order valence-electron chi connectivity index (χ1n) is 8.33. The SMILES string of the molecule is Cc1cc(C)cc(C(=O)NC2CCCCC2N2C(=O)CSC2=O)c1. The molecular weight excluding hydrogens is 324 g/mol. The van der Waals surface area contributed by atoms with Gasteiger partial charge in [0.05, 0.1) is 17.8 Å². The van der Waals surface area contributed by atoms with Crippen molar-refractivity contribution in [3.8, 4) is 0 Å². The number of nitrogens with one attached hydrogen (secondary N) is 1. The molecule has 0 aromatic heterocycles. The second-order valence-electron chi connectivity index (χ2n) is 6.63. The maximum atomic E-state index is 12.6. The molecule has 0 radical (unpaired) electrons. The van der Waals surface area contributed by atoms with Gasteiger partial charge in [0.2, 0.25) is 5.91 Å². The summed E-state index contributed by atoms with van der Waals surface area (Å²) in [5.41, 5.74) is 2.72. The van der Waals surface area contributed by atoms with Crippen molar-refractivity contribution in [3.63, 3.8) is 0 Å². The molecule has 1 aliphatic carbocycles. The highest BCUT2D eigenvalue weighted by Crippen LogP contribution is 2.30. The lowest BCUT2D eigenvalue weighted by Crippen LogP contribution is -2.54. The summed E-state index contributed by atoms with van der Waals surface area (Å²) in [7, 11) is 0. The Morgan fingerprint density at radius 3 is 2.42 bits per heavy atom. The third kappa shape index (κ3) is 3.48. The van der Waals surface area contributed by atoms with Gasteiger partial charge in [-0.1, -0.05) is 41.8 Å². The zero-order valence-electron chi connectivity index (χ0n) is 14.0. The van der Waals surface area contributed by atoms with E-state index < -0.39 is 0 Å². The number of rotatable bonds is 3. The zero-order valence-corrected chi connectivity index (χ0v) is 14.8. The fourth-order valence-electron chi connectivity index (χ4n) is 3.63. The van der Waals surface area contributed by atoms with Gasteiger partial charge in [0.25, 0.3) is 11.1 Å². The van der Waals surface area contributed by atoms with Crippen LogP contribution in [0.5, 0.6) is 0 Å². The highest BCUT2D eigenvalue weighted by molar-refractivity contribution is 8.14. The molecule has 1 aromatic carbocycles. The summed E-state index contributed by atoms with van der Waals surface area (Å²) in [5.74, 6) is -0.0550. The van der Waals surface area contributed by atoms with Gasteiger partial charge in [-0.2, -0.15) is 0 Å². The fourth-order valence-corrected chi connectivity index (χ4v) is 4.39. The highest BCUT2D eigenvalue weighted by atomic mass is 32.2. The lowest BCUT2D eigenvalue weighted by molar-refractivity contribution is -0.127. The van der Waals surface area contributed by atoms with Gasteiger partial charge in [-0.25, -0.2) is 0 Å². The number of imide groups is 1. The highest BCUT2D eigenvalue weighted by Gasteiger charge is 2.41. The van der Waals surface area contributed by atoms with Crippen LogP contribution < -0.4 is 5.32 Å². The maximum absolute atomic E-state index is 12.6. The van der Waals surface area contributed by atoms with Crippen LogP contribution in [0, 0.1) is 13.8 Å². The van der Waals surface area contributed by atoms with Crippen LogP contribution in [0.4, 0.5) is 4.79 Å². The molecular formula is C18H22N2O3S. The van der Waals surface area contributed by atoms with E-state index in [1.165, 1.54) is 4.90 Å². The van der Waals surface area contributed by atoms with Crippen molar-refractivity contribution in [2.75, 3.05) is 5.75 Å². The Balaban J connectivity index is 1.77. The van der Waals surface area contributed by atoms with Crippen LogP contribution in [0.25, 0.3) is 0 Å². The fraction of sp³-hybridized carbons (Fsp3) is 0.500. The van der Waals surface area contributed by atoms with Crippen LogP contribution in [-0.2, 0) is 4.79 Å². The second-order valence-corrected chi connectivity index (χ2v) is 7.55. The lowest BCUT2D eigenvalue weighted by atomic mass is 9.89. The van der Waals surface area contributed by atoms with Gasteiger partial charge < -0.3 is 5.32 Å². The number of aryl methyl sites for hydroxylation is 2. The van der Waals surface area contributed by atoms with E-state index in [0.29, 0.717) is 5.56 Å². The van der Waals surface area contributed by atoms with Crippen molar-refractivity contribution < 1.29 is 14.4 Å². The summed E-state index contributed by atoms with van der Waals surface area (Å²) in [5, 5.41) is 2.88. The summed E-state index contributed by atoms with van der Waals surface area (Å²) in [4.78, 5) is 38.1. The average molecular weight is 346 g/mol. The minimum Gasteiger partial charge on any atom is -0.347 e. The first-order valence-corrected chi connectivity index (χ1v) is 9.32. The second kappa shape index (κ2) is 6.97. The monoisotopic (exact) mass is 346 g/mol. The zero-order chi connectivity index (χ0) is 17.3. The summed E-state index contributed by atoms with van der Waals surface area (Å²) < 4.78 is 0. The third-order valence-electron chi connectivity index (χ3n) is 4.65. The van der Waals surface area contributed by atoms with Crippen molar-refractivity contribution >= 4 is 28.8 Å². The average Bonchev–Trinajstić information content (AvgIpc) is 2.86. The first kappa shape index (κ1) is 17.0. The van der Waals surface area contributed by atoms with E-state index in [-0.39, 0.29) is 34.9 Å². The van der Waals surface area contributed by atoms with Crippen LogP contribution in [0.3, 0.4) is 0 Å². The quantitative estimate of drug-likeness (QED) is 0.913. The summed E-state index contributed by atoms with van der Waals surface area (Å²) in [6.07, 6.45) is 3.53. The first-order chi connectivity index (χ1) is 11.5. The molecule has 2 unspecified atom stereocenters. The Morgan fingerprint density at radius 2 is 1.79 bits per heavy atom. The molecule has 128 valence electrons. The topological polar surface area (TPSA) is 66.5 Å². The molecule has 0 bridgehead atoms. The summed E-state index contributed by atoms with van der Waals surface area (Å²) >= 11 is 1.05. The van der Waals surface area contributed by atoms with Crippen molar-refractivity contribution in [1.82, 2.24) is 10.2 Å². The van der Waals surface area contributed by atoms with Crippen LogP contribution in [0.15, 0.2) is 18.2 Å². The number of hydrogen-bond acceptors (Lipinski definition) is 4. The van der Waals surface area contributed by atoms with E-state index in [1.807, 2.05) is 32.0 Å². The number of carbonyl (C=O) groups excluding carboxylic acids is 3. The van der Waals surface area contributed by atoms with Gasteiger partial charge in [0, 0.05) is 5.56 Å². The number of thioether (sulfide) groups is 1. The van der Waals surface area contributed by atoms with Gasteiger partial charge >= 0.3 is 0 Å². The van der Waals surface area contributed by atoms with Crippen molar-refractivity contribution in [2.45, 2.75) is 51.6 Å². The molecule has 1 aromatic rings. The van der Waals surface area contributed by atoms with Crippen LogP contribution in [-0.4, -0.2) is 39.8 Å². The maximum Gasteiger partial charge on any atom is 0.289 e. The molecule has 2 aliphatic rings. The predicted octanol–water partition coefficient (Wildman–Crippen LogP) is 3.04. The van der Waals surface area contributed by atoms with E-state index in [1.54, 1.807) is 0 Å². The summed E-state index contributed by atoms with van der Waals surface area (Å²) in [6.45, 7) is 3.93. The molecule has 24 heavy (non-hydrogen) atoms. The Hall–Kier alpha value is -1.82. The van der Waals surface area contributed by atoms with Gasteiger partial charge in [0.1, 0.15) is 0 Å². The van der Waals surface area contributed by atoms with Gasteiger partial charge in [-0.15, -0.1) is 0 Å². The normalized spacial score (nSPS) is 24.3. The Bertz CT molecular complexity index is 653. The number of amides is 3. The van der Waals surface area contributed by atoms with Gasteiger partial charge in [0.15, 0.2) is 0 Å². The number of hydrogen-bond donors (Lipinski definition) is 1. The molecule has 1 aliphatic heterocycles. The van der Waals surface area contributed by atoms with Crippen molar-refractivity contribution in [3.05, 3.63) is 34.9 Å². The molecule has 1 saturated heterocycles. The molecule has 5 nitrogen and oxygen atoms in total. The molecule has 6 heteroatoms. The van der Waals surface area contributed by atoms with E-state index in [0.717, 1.165) is 48.6 Å². The smallest absolute Gasteiger partial charge is 0.289 e. The van der Waals surface area contributed by atoms with Crippen LogP contribution >= 0.6 is 11.8 Å². The molecule has 1 saturated carbocycles. The van der Waals surface area contributed by atoms with Crippen LogP contribution in [0.1, 0.15) is 47.2 Å². The standard InChI is InChI=1S/C18H22N2O3S/c1-11-7-12(2)9-13(8-11)17(22)19-14-5-3-4-6-15(14)20-16(21)10-24-18(20)23/h7-9,14-15H,3-6,10H2,1-2H3,(H,19,22). The van der Waals surface area contributed by atoms with Gasteiger partial charge in [-0.05, 0) is 38.8 Å². The largest absolute Gasteiger partial charge is 0.347 e. The Kier molecular flexibility index (Phi) is 4.94. The number of nitrogens with zero attached hydrogens (tertiary/aromatic N) is 1. The van der Waals surface area contributed by atoms with E-state index in [9.17, 15) is 14.4 Å². The van der Waals surface area contributed by atoms with E-state index in [4.69, 9.17) is 0 Å². The third-order valence-corrected chi connectivity index (χ3v) is 5.48. The van der Waals surface area contributed by atoms with Crippen LogP contribution in [0.2, 0.25) is 0 Å². The Morgan fingerprint density at radius 1 is 1.12 bits per heavy atom. The van der Waals surface area contributed by atoms with Gasteiger partial charge in [-0.3, -0.25) is 19.3 Å². The predicted molar refractivity (Wildman–Crippen MR) is 94.1 cm³/mol. The number of carbonyl (C=O) groups is 3. The van der Waals surface area contributed by atoms with E-state index >= 15 is 0 Å². The van der Waals surface area contributed by atoms with Crippen molar-refractivity contribution in [2.24, 2.45) is 0 Å². The van der Waals surface area contributed by atoms with Crippen molar-refractivity contribution in [1.29, 1.82) is 0 Å². The molecule has 1 heterocycles. The molecule has 2 fully saturated rings. The van der Waals surface area contributed by atoms with E-state index in [2.05, 4.69) is 5.32 Å². The summed E-state index contributed by atoms with van der Waals surface area (Å²) in [6, 6.07) is 5.37. The molecule has 1 N–H and O–H groups in total. The number of benzene rings is 1. The molecule has 3 amide bonds. The minimum atomic E-state index is -0.219. The lowest BCUT2D eigenvalue weighted by Gasteiger charge is -2.36. The molecule has 3 rings (SSSR count).